The van der Waals surface area contributed by atoms with Crippen molar-refractivity contribution in [2.75, 3.05) is 33.4 Å². The third-order valence-electron chi connectivity index (χ3n) is 5.09. The Balaban J connectivity index is 1.65. The third-order valence-corrected chi connectivity index (χ3v) is 5.09. The second-order valence-electron chi connectivity index (χ2n) is 7.10. The molecule has 2 aromatic rings. The van der Waals surface area contributed by atoms with Gasteiger partial charge in [-0.2, -0.15) is 0 Å². The number of ether oxygens (including phenoxy) is 2. The first-order chi connectivity index (χ1) is 12.2. The molecule has 0 N–H and O–H groups in total. The third kappa shape index (κ3) is 4.76. The average molecular weight is 339 g/mol. The van der Waals surface area contributed by atoms with Crippen LogP contribution in [0.3, 0.4) is 0 Å². The molecule has 0 amide bonds. The Morgan fingerprint density at radius 3 is 2.32 bits per heavy atom. The Bertz CT molecular complexity index is 673. The molecule has 0 aromatic heterocycles. The van der Waals surface area contributed by atoms with Crippen molar-refractivity contribution in [3.8, 4) is 22.6 Å². The Morgan fingerprint density at radius 2 is 1.64 bits per heavy atom. The number of hydrogen-bond donors (Lipinski definition) is 0. The lowest BCUT2D eigenvalue weighted by molar-refractivity contribution is 0.158. The maximum Gasteiger partial charge on any atom is 0.161 e. The van der Waals surface area contributed by atoms with Gasteiger partial charge in [-0.15, -0.1) is 0 Å². The molecule has 0 spiro atoms. The summed E-state index contributed by atoms with van der Waals surface area (Å²) in [4.78, 5) is 2.50. The summed E-state index contributed by atoms with van der Waals surface area (Å²) in [6.45, 7) is 8.49. The van der Waals surface area contributed by atoms with E-state index < -0.39 is 0 Å². The monoisotopic (exact) mass is 339 g/mol. The molecule has 0 unspecified atom stereocenters. The predicted molar refractivity (Wildman–Crippen MR) is 104 cm³/mol. The summed E-state index contributed by atoms with van der Waals surface area (Å²) < 4.78 is 11.6. The number of methoxy groups -OCH3 is 1. The van der Waals surface area contributed by atoms with Crippen LogP contribution >= 0.6 is 0 Å². The molecule has 0 radical (unpaired) electrons. The molecule has 134 valence electrons. The highest BCUT2D eigenvalue weighted by Crippen LogP contribution is 2.32. The van der Waals surface area contributed by atoms with Gasteiger partial charge < -0.3 is 9.47 Å². The summed E-state index contributed by atoms with van der Waals surface area (Å²) >= 11 is 0. The smallest absolute Gasteiger partial charge is 0.161 e. The Kier molecular flexibility index (Phi) is 5.98. The molecule has 1 saturated heterocycles. The van der Waals surface area contributed by atoms with Crippen LogP contribution in [0.2, 0.25) is 0 Å². The van der Waals surface area contributed by atoms with Gasteiger partial charge in [0, 0.05) is 6.54 Å². The first kappa shape index (κ1) is 17.8. The summed E-state index contributed by atoms with van der Waals surface area (Å²) in [5, 5.41) is 0. The molecular formula is C22H29NO2. The normalized spacial score (nSPS) is 16.0. The molecule has 1 aliphatic rings. The Hall–Kier alpha value is -2.00. The van der Waals surface area contributed by atoms with Crippen molar-refractivity contribution in [3.63, 3.8) is 0 Å². The summed E-state index contributed by atoms with van der Waals surface area (Å²) in [5.41, 5.74) is 3.62. The molecule has 3 heteroatoms. The van der Waals surface area contributed by atoms with Crippen LogP contribution in [0.15, 0.2) is 42.5 Å². The standard InChI is InChI=1S/C22H29NO2/c1-17-4-6-19(7-5-17)20-8-9-21(24-3)22(16-20)25-15-14-23-12-10-18(2)11-13-23/h4-9,16,18H,10-15H2,1-3H3. The van der Waals surface area contributed by atoms with E-state index in [1.54, 1.807) is 7.11 Å². The van der Waals surface area contributed by atoms with E-state index >= 15 is 0 Å². The molecule has 0 aliphatic carbocycles. The van der Waals surface area contributed by atoms with Crippen LogP contribution in [-0.2, 0) is 0 Å². The molecule has 0 saturated carbocycles. The SMILES string of the molecule is COc1ccc(-c2ccc(C)cc2)cc1OCCN1CCC(C)CC1. The summed E-state index contributed by atoms with van der Waals surface area (Å²) in [7, 11) is 1.69. The molecule has 25 heavy (non-hydrogen) atoms. The van der Waals surface area contributed by atoms with Gasteiger partial charge in [0.1, 0.15) is 6.61 Å². The van der Waals surface area contributed by atoms with Crippen molar-refractivity contribution in [3.05, 3.63) is 48.0 Å². The zero-order chi connectivity index (χ0) is 17.6. The lowest BCUT2D eigenvalue weighted by Gasteiger charge is -2.30. The van der Waals surface area contributed by atoms with Gasteiger partial charge in [0.25, 0.3) is 0 Å². The van der Waals surface area contributed by atoms with Gasteiger partial charge in [-0.25, -0.2) is 0 Å². The van der Waals surface area contributed by atoms with E-state index in [0.717, 1.165) is 29.5 Å². The minimum Gasteiger partial charge on any atom is -0.493 e. The molecule has 1 aliphatic heterocycles. The molecular weight excluding hydrogens is 310 g/mol. The lowest BCUT2D eigenvalue weighted by Crippen LogP contribution is -2.35. The van der Waals surface area contributed by atoms with Crippen molar-refractivity contribution < 1.29 is 9.47 Å². The van der Waals surface area contributed by atoms with Gasteiger partial charge in [0.05, 0.1) is 7.11 Å². The molecule has 0 bridgehead atoms. The molecule has 3 rings (SSSR count). The minimum absolute atomic E-state index is 0.697. The highest BCUT2D eigenvalue weighted by molar-refractivity contribution is 5.67. The minimum atomic E-state index is 0.697. The van der Waals surface area contributed by atoms with Crippen LogP contribution in [0.1, 0.15) is 25.3 Å². The highest BCUT2D eigenvalue weighted by atomic mass is 16.5. The van der Waals surface area contributed by atoms with Crippen LogP contribution in [-0.4, -0.2) is 38.3 Å². The fraction of sp³-hybridized carbons (Fsp3) is 0.455. The fourth-order valence-electron chi connectivity index (χ4n) is 3.29. The molecule has 2 aromatic carbocycles. The second kappa shape index (κ2) is 8.39. The van der Waals surface area contributed by atoms with E-state index in [1.165, 1.54) is 37.1 Å². The summed E-state index contributed by atoms with van der Waals surface area (Å²) in [6, 6.07) is 14.7. The Labute approximate surface area is 151 Å². The topological polar surface area (TPSA) is 21.7 Å². The van der Waals surface area contributed by atoms with Gasteiger partial charge in [-0.05, 0) is 62.0 Å². The molecule has 1 heterocycles. The molecule has 0 atom stereocenters. The molecule has 3 nitrogen and oxygen atoms in total. The molecule has 1 fully saturated rings. The highest BCUT2D eigenvalue weighted by Gasteiger charge is 2.15. The quantitative estimate of drug-likeness (QED) is 0.756. The summed E-state index contributed by atoms with van der Waals surface area (Å²) in [6.07, 6.45) is 2.60. The number of likely N-dealkylation sites (tertiary alicyclic amines) is 1. The maximum absolute atomic E-state index is 6.08. The van der Waals surface area contributed by atoms with Crippen molar-refractivity contribution in [2.45, 2.75) is 26.7 Å². The summed E-state index contributed by atoms with van der Waals surface area (Å²) in [5.74, 6) is 2.48. The van der Waals surface area contributed by atoms with Crippen LogP contribution < -0.4 is 9.47 Å². The maximum atomic E-state index is 6.08. The Morgan fingerprint density at radius 1 is 0.960 bits per heavy atom. The number of nitrogens with zero attached hydrogens (tertiary/aromatic N) is 1. The first-order valence-corrected chi connectivity index (χ1v) is 9.26. The van der Waals surface area contributed by atoms with Crippen molar-refractivity contribution in [2.24, 2.45) is 5.92 Å². The van der Waals surface area contributed by atoms with E-state index in [-0.39, 0.29) is 0 Å². The zero-order valence-corrected chi connectivity index (χ0v) is 15.6. The van der Waals surface area contributed by atoms with Gasteiger partial charge in [-0.1, -0.05) is 42.8 Å². The number of hydrogen-bond acceptors (Lipinski definition) is 3. The van der Waals surface area contributed by atoms with Crippen LogP contribution in [0, 0.1) is 12.8 Å². The van der Waals surface area contributed by atoms with E-state index in [2.05, 4.69) is 55.1 Å². The number of piperidine rings is 1. The first-order valence-electron chi connectivity index (χ1n) is 9.26. The van der Waals surface area contributed by atoms with Crippen molar-refractivity contribution >= 4 is 0 Å². The largest absolute Gasteiger partial charge is 0.493 e. The van der Waals surface area contributed by atoms with E-state index in [0.29, 0.717) is 6.61 Å². The van der Waals surface area contributed by atoms with E-state index in [4.69, 9.17) is 9.47 Å². The number of aryl methyl sites for hydroxylation is 1. The van der Waals surface area contributed by atoms with Gasteiger partial charge in [0.15, 0.2) is 11.5 Å². The van der Waals surface area contributed by atoms with E-state index in [1.807, 2.05) is 6.07 Å². The van der Waals surface area contributed by atoms with Crippen molar-refractivity contribution in [1.82, 2.24) is 4.90 Å². The average Bonchev–Trinajstić information content (AvgIpc) is 2.64. The van der Waals surface area contributed by atoms with E-state index in [9.17, 15) is 0 Å². The fourth-order valence-corrected chi connectivity index (χ4v) is 3.29. The lowest BCUT2D eigenvalue weighted by atomic mass is 9.99. The van der Waals surface area contributed by atoms with Crippen LogP contribution in [0.25, 0.3) is 11.1 Å². The van der Waals surface area contributed by atoms with Crippen LogP contribution in [0.5, 0.6) is 11.5 Å². The van der Waals surface area contributed by atoms with Gasteiger partial charge >= 0.3 is 0 Å². The van der Waals surface area contributed by atoms with Crippen molar-refractivity contribution in [1.29, 1.82) is 0 Å². The second-order valence-corrected chi connectivity index (χ2v) is 7.10. The number of rotatable bonds is 6. The number of benzene rings is 2. The van der Waals surface area contributed by atoms with Gasteiger partial charge in [0.2, 0.25) is 0 Å². The van der Waals surface area contributed by atoms with Gasteiger partial charge in [-0.3, -0.25) is 4.90 Å². The predicted octanol–water partition coefficient (Wildman–Crippen LogP) is 4.78. The van der Waals surface area contributed by atoms with Crippen LogP contribution in [0.4, 0.5) is 0 Å². The zero-order valence-electron chi connectivity index (χ0n) is 15.6.